The number of nitrogens with one attached hydrogen (secondary N) is 2. The lowest BCUT2D eigenvalue weighted by atomic mass is 10.2. The molecule has 1 aromatic carbocycles. The number of aromatic nitrogens is 3. The van der Waals surface area contributed by atoms with Gasteiger partial charge in [0.1, 0.15) is 5.82 Å². The number of pyridine rings is 1. The molecule has 7 heteroatoms. The summed E-state index contributed by atoms with van der Waals surface area (Å²) in [4.78, 5) is 25.1. The maximum absolute atomic E-state index is 11.6. The molecule has 1 aliphatic rings. The van der Waals surface area contributed by atoms with Crippen LogP contribution in [0.3, 0.4) is 0 Å². The highest BCUT2D eigenvalue weighted by molar-refractivity contribution is 5.89. The fourth-order valence-corrected chi connectivity index (χ4v) is 3.45. The lowest BCUT2D eigenvalue weighted by molar-refractivity contribution is 0.0601. The molecule has 2 aromatic heterocycles. The number of anilines is 3. The predicted molar refractivity (Wildman–Crippen MR) is 112 cm³/mol. The second-order valence-electron chi connectivity index (χ2n) is 7.02. The van der Waals surface area contributed by atoms with E-state index in [9.17, 15) is 4.79 Å². The minimum absolute atomic E-state index is 0.360. The van der Waals surface area contributed by atoms with E-state index in [1.807, 2.05) is 30.3 Å². The summed E-state index contributed by atoms with van der Waals surface area (Å²) in [5.41, 5.74) is 3.11. The predicted octanol–water partition coefficient (Wildman–Crippen LogP) is 4.42. The highest BCUT2D eigenvalue weighted by atomic mass is 16.5. The maximum atomic E-state index is 11.6. The summed E-state index contributed by atoms with van der Waals surface area (Å²) in [6.45, 7) is 0. The van der Waals surface area contributed by atoms with Crippen LogP contribution in [0, 0.1) is 0 Å². The molecule has 3 aromatic rings. The van der Waals surface area contributed by atoms with Gasteiger partial charge in [-0.2, -0.15) is 4.98 Å². The first-order valence-corrected chi connectivity index (χ1v) is 9.73. The molecule has 0 amide bonds. The number of esters is 1. The Balaban J connectivity index is 1.61. The quantitative estimate of drug-likeness (QED) is 0.603. The van der Waals surface area contributed by atoms with E-state index >= 15 is 0 Å². The first-order valence-electron chi connectivity index (χ1n) is 9.73. The van der Waals surface area contributed by atoms with Crippen molar-refractivity contribution in [3.05, 3.63) is 60.4 Å². The fourth-order valence-electron chi connectivity index (χ4n) is 3.45. The van der Waals surface area contributed by atoms with E-state index in [0.29, 0.717) is 23.4 Å². The van der Waals surface area contributed by atoms with Crippen molar-refractivity contribution in [3.63, 3.8) is 0 Å². The smallest absolute Gasteiger partial charge is 0.337 e. The zero-order valence-corrected chi connectivity index (χ0v) is 16.3. The average Bonchev–Trinajstić information content (AvgIpc) is 3.27. The number of benzene rings is 1. The third kappa shape index (κ3) is 4.68. The molecule has 7 nitrogen and oxygen atoms in total. The Hall–Kier alpha value is -3.48. The van der Waals surface area contributed by atoms with E-state index < -0.39 is 0 Å². The number of carbonyl (C=O) groups is 1. The Morgan fingerprint density at radius 2 is 1.76 bits per heavy atom. The molecule has 2 N–H and O–H groups in total. The van der Waals surface area contributed by atoms with E-state index in [0.717, 1.165) is 29.8 Å². The topological polar surface area (TPSA) is 89.0 Å². The van der Waals surface area contributed by atoms with Crippen molar-refractivity contribution in [1.82, 2.24) is 15.0 Å². The molecule has 2 heterocycles. The van der Waals surface area contributed by atoms with Gasteiger partial charge in [-0.15, -0.1) is 0 Å². The largest absolute Gasteiger partial charge is 0.465 e. The van der Waals surface area contributed by atoms with E-state index in [1.165, 1.54) is 20.0 Å². The SMILES string of the molecule is COC(=O)c1ccc(Nc2cc(-c3ccncc3)nc(NC3CCCC3)n2)cc1. The number of hydrogen-bond donors (Lipinski definition) is 2. The number of nitrogens with zero attached hydrogens (tertiary/aromatic N) is 3. The molecule has 29 heavy (non-hydrogen) atoms. The van der Waals surface area contributed by atoms with Gasteiger partial charge in [0.25, 0.3) is 0 Å². The van der Waals surface area contributed by atoms with Crippen LogP contribution in [-0.2, 0) is 4.74 Å². The summed E-state index contributed by atoms with van der Waals surface area (Å²) in [6, 6.07) is 13.3. The number of rotatable bonds is 6. The normalized spacial score (nSPS) is 13.8. The zero-order chi connectivity index (χ0) is 20.1. The van der Waals surface area contributed by atoms with E-state index in [1.54, 1.807) is 24.5 Å². The summed E-state index contributed by atoms with van der Waals surface area (Å²) < 4.78 is 4.74. The van der Waals surface area contributed by atoms with Crippen molar-refractivity contribution in [3.8, 4) is 11.3 Å². The second-order valence-corrected chi connectivity index (χ2v) is 7.02. The number of methoxy groups -OCH3 is 1. The molecule has 0 radical (unpaired) electrons. The average molecular weight is 389 g/mol. The van der Waals surface area contributed by atoms with Gasteiger partial charge in [0, 0.05) is 35.8 Å². The molecule has 0 atom stereocenters. The summed E-state index contributed by atoms with van der Waals surface area (Å²) in [5.74, 6) is 0.930. The van der Waals surface area contributed by atoms with E-state index in [4.69, 9.17) is 9.72 Å². The Labute approximate surface area is 169 Å². The van der Waals surface area contributed by atoms with Crippen LogP contribution < -0.4 is 10.6 Å². The highest BCUT2D eigenvalue weighted by Crippen LogP contribution is 2.26. The number of hydrogen-bond acceptors (Lipinski definition) is 7. The summed E-state index contributed by atoms with van der Waals surface area (Å²) in [5, 5.41) is 6.77. The molecule has 148 valence electrons. The van der Waals surface area contributed by atoms with Gasteiger partial charge in [-0.1, -0.05) is 12.8 Å². The molecular weight excluding hydrogens is 366 g/mol. The molecule has 4 rings (SSSR count). The molecule has 1 aliphatic carbocycles. The minimum Gasteiger partial charge on any atom is -0.465 e. The van der Waals surface area contributed by atoms with Crippen LogP contribution in [0.1, 0.15) is 36.0 Å². The molecule has 0 unspecified atom stereocenters. The van der Waals surface area contributed by atoms with Crippen LogP contribution in [0.15, 0.2) is 54.9 Å². The molecule has 1 saturated carbocycles. The van der Waals surface area contributed by atoms with Crippen LogP contribution >= 0.6 is 0 Å². The van der Waals surface area contributed by atoms with Gasteiger partial charge in [0.2, 0.25) is 5.95 Å². The molecule has 0 spiro atoms. The van der Waals surface area contributed by atoms with Crippen molar-refractivity contribution < 1.29 is 9.53 Å². The van der Waals surface area contributed by atoms with E-state index in [-0.39, 0.29) is 5.97 Å². The van der Waals surface area contributed by atoms with Crippen LogP contribution in [0.2, 0.25) is 0 Å². The van der Waals surface area contributed by atoms with Gasteiger partial charge < -0.3 is 15.4 Å². The maximum Gasteiger partial charge on any atom is 0.337 e. The van der Waals surface area contributed by atoms with Crippen molar-refractivity contribution in [1.29, 1.82) is 0 Å². The summed E-state index contributed by atoms with van der Waals surface area (Å²) >= 11 is 0. The van der Waals surface area contributed by atoms with Gasteiger partial charge in [-0.25, -0.2) is 9.78 Å². The molecular formula is C22H23N5O2. The monoisotopic (exact) mass is 389 g/mol. The minimum atomic E-state index is -0.360. The number of carbonyl (C=O) groups excluding carboxylic acids is 1. The summed E-state index contributed by atoms with van der Waals surface area (Å²) in [7, 11) is 1.37. The second kappa shape index (κ2) is 8.68. The zero-order valence-electron chi connectivity index (χ0n) is 16.3. The first kappa shape index (κ1) is 18.9. The standard InChI is InChI=1S/C22H23N5O2/c1-29-21(28)16-6-8-18(9-7-16)24-20-14-19(15-10-12-23-13-11-15)26-22(27-20)25-17-4-2-3-5-17/h6-14,17H,2-5H2,1H3,(H2,24,25,26,27). The van der Waals surface area contributed by atoms with Crippen molar-refractivity contribution in [2.45, 2.75) is 31.7 Å². The van der Waals surface area contributed by atoms with Gasteiger partial charge in [-0.05, 0) is 49.2 Å². The fraction of sp³-hybridized carbons (Fsp3) is 0.273. The van der Waals surface area contributed by atoms with Gasteiger partial charge in [-0.3, -0.25) is 4.98 Å². The van der Waals surface area contributed by atoms with Crippen molar-refractivity contribution in [2.24, 2.45) is 0 Å². The number of ether oxygens (including phenoxy) is 1. The van der Waals surface area contributed by atoms with Crippen LogP contribution in [0.4, 0.5) is 17.5 Å². The molecule has 1 fully saturated rings. The molecule has 0 aliphatic heterocycles. The molecule has 0 bridgehead atoms. The molecule has 0 saturated heterocycles. The Kier molecular flexibility index (Phi) is 5.65. The highest BCUT2D eigenvalue weighted by Gasteiger charge is 2.17. The van der Waals surface area contributed by atoms with Crippen molar-refractivity contribution in [2.75, 3.05) is 17.7 Å². The van der Waals surface area contributed by atoms with Gasteiger partial charge in [0.05, 0.1) is 18.4 Å². The third-order valence-corrected chi connectivity index (χ3v) is 4.97. The van der Waals surface area contributed by atoms with Crippen molar-refractivity contribution >= 4 is 23.4 Å². The summed E-state index contributed by atoms with van der Waals surface area (Å²) in [6.07, 6.45) is 8.25. The third-order valence-electron chi connectivity index (χ3n) is 4.97. The van der Waals surface area contributed by atoms with Gasteiger partial charge in [0.15, 0.2) is 0 Å². The Morgan fingerprint density at radius 3 is 2.45 bits per heavy atom. The lowest BCUT2D eigenvalue weighted by Gasteiger charge is -2.15. The van der Waals surface area contributed by atoms with Gasteiger partial charge >= 0.3 is 5.97 Å². The Morgan fingerprint density at radius 1 is 1.03 bits per heavy atom. The van der Waals surface area contributed by atoms with E-state index in [2.05, 4.69) is 20.6 Å². The van der Waals surface area contributed by atoms with Crippen LogP contribution in [0.25, 0.3) is 11.3 Å². The first-order chi connectivity index (χ1) is 14.2. The Bertz CT molecular complexity index is 970. The lowest BCUT2D eigenvalue weighted by Crippen LogP contribution is -2.17. The van der Waals surface area contributed by atoms with Crippen LogP contribution in [0.5, 0.6) is 0 Å². The van der Waals surface area contributed by atoms with Crippen LogP contribution in [-0.4, -0.2) is 34.1 Å².